The van der Waals surface area contributed by atoms with Crippen LogP contribution in [-0.4, -0.2) is 29.9 Å². The number of amides is 1. The Balaban J connectivity index is 1.05. The van der Waals surface area contributed by atoms with Crippen molar-refractivity contribution in [1.82, 2.24) is 21.5 Å². The highest BCUT2D eigenvalue weighted by Gasteiger charge is 2.69. The number of hydrogen-bond acceptors (Lipinski definition) is 6. The highest BCUT2D eigenvalue weighted by Crippen LogP contribution is 2.60. The number of hydrazine groups is 1. The van der Waals surface area contributed by atoms with Crippen molar-refractivity contribution in [2.75, 3.05) is 6.61 Å². The molecule has 2 bridgehead atoms. The Kier molecular flexibility index (Phi) is 5.13. The summed E-state index contributed by atoms with van der Waals surface area (Å²) >= 11 is 11.8. The van der Waals surface area contributed by atoms with E-state index in [9.17, 15) is 4.79 Å². The summed E-state index contributed by atoms with van der Waals surface area (Å²) in [6, 6.07) is 14.5. The van der Waals surface area contributed by atoms with E-state index in [1.165, 1.54) is 0 Å². The maximum absolute atomic E-state index is 12.3. The first kappa shape index (κ1) is 20.1. The summed E-state index contributed by atoms with van der Waals surface area (Å²) in [5, 5.41) is 7.95. The predicted octanol–water partition coefficient (Wildman–Crippen LogP) is 2.86. The first-order valence-corrected chi connectivity index (χ1v) is 10.6. The molecule has 1 saturated heterocycles. The van der Waals surface area contributed by atoms with Gasteiger partial charge in [0, 0.05) is 21.1 Å². The standard InChI is InChI=1S/C21H22Cl2N4O3/c22-14-3-1-13(2-4-14)18-26-27-19(30-18)25-21-10-20(11-21,12-21)24-17(28)9-29-16-7-5-15(23)6-8-16/h1-8,18-19,25-27H,9-12H2,(H,24,28). The van der Waals surface area contributed by atoms with Crippen LogP contribution in [0.4, 0.5) is 0 Å². The van der Waals surface area contributed by atoms with Crippen LogP contribution in [0.2, 0.25) is 10.0 Å². The van der Waals surface area contributed by atoms with E-state index in [1.807, 2.05) is 24.3 Å². The van der Waals surface area contributed by atoms with E-state index in [2.05, 4.69) is 21.5 Å². The number of ether oxygens (including phenoxy) is 2. The van der Waals surface area contributed by atoms with E-state index < -0.39 is 0 Å². The van der Waals surface area contributed by atoms with Crippen LogP contribution in [0, 0.1) is 0 Å². The molecule has 4 N–H and O–H groups in total. The molecule has 3 aliphatic carbocycles. The number of halogens is 2. The van der Waals surface area contributed by atoms with Crippen LogP contribution in [0.3, 0.4) is 0 Å². The largest absolute Gasteiger partial charge is 0.484 e. The minimum Gasteiger partial charge on any atom is -0.484 e. The molecule has 0 spiro atoms. The summed E-state index contributed by atoms with van der Waals surface area (Å²) in [7, 11) is 0. The molecule has 2 aromatic carbocycles. The van der Waals surface area contributed by atoms with Crippen LogP contribution >= 0.6 is 23.2 Å². The predicted molar refractivity (Wildman–Crippen MR) is 113 cm³/mol. The molecular weight excluding hydrogens is 427 g/mol. The molecule has 6 rings (SSSR count). The van der Waals surface area contributed by atoms with Gasteiger partial charge in [0.15, 0.2) is 13.0 Å². The van der Waals surface area contributed by atoms with E-state index in [1.54, 1.807) is 24.3 Å². The minimum atomic E-state index is -0.298. The molecule has 9 heteroatoms. The molecule has 7 nitrogen and oxygen atoms in total. The van der Waals surface area contributed by atoms with Gasteiger partial charge in [0.2, 0.25) is 0 Å². The maximum atomic E-state index is 12.3. The van der Waals surface area contributed by atoms with Gasteiger partial charge in [-0.15, -0.1) is 0 Å². The maximum Gasteiger partial charge on any atom is 0.258 e. The van der Waals surface area contributed by atoms with Gasteiger partial charge >= 0.3 is 0 Å². The van der Waals surface area contributed by atoms with Gasteiger partial charge in [0.1, 0.15) is 12.0 Å². The van der Waals surface area contributed by atoms with Gasteiger partial charge in [-0.1, -0.05) is 35.3 Å². The molecule has 2 atom stereocenters. The lowest BCUT2D eigenvalue weighted by atomic mass is 9.44. The molecular formula is C21H22Cl2N4O3. The van der Waals surface area contributed by atoms with Gasteiger partial charge in [0.25, 0.3) is 5.91 Å². The zero-order chi connectivity index (χ0) is 20.8. The van der Waals surface area contributed by atoms with Crippen molar-refractivity contribution >= 4 is 29.1 Å². The van der Waals surface area contributed by atoms with E-state index in [0.29, 0.717) is 15.8 Å². The van der Waals surface area contributed by atoms with Crippen molar-refractivity contribution in [2.45, 2.75) is 42.9 Å². The Morgan fingerprint density at radius 3 is 2.30 bits per heavy atom. The lowest BCUT2D eigenvalue weighted by Gasteiger charge is -2.71. The van der Waals surface area contributed by atoms with Gasteiger partial charge in [-0.2, -0.15) is 0 Å². The molecule has 30 heavy (non-hydrogen) atoms. The fourth-order valence-corrected chi connectivity index (χ4v) is 4.84. The van der Waals surface area contributed by atoms with Crippen molar-refractivity contribution < 1.29 is 14.3 Å². The van der Waals surface area contributed by atoms with Crippen LogP contribution < -0.4 is 26.2 Å². The van der Waals surface area contributed by atoms with E-state index in [4.69, 9.17) is 32.7 Å². The second-order valence-electron chi connectivity index (χ2n) is 8.26. The summed E-state index contributed by atoms with van der Waals surface area (Å²) in [6.45, 7) is -0.0101. The van der Waals surface area contributed by atoms with Gasteiger partial charge < -0.3 is 14.8 Å². The lowest BCUT2D eigenvalue weighted by Crippen LogP contribution is -2.84. The Labute approximate surface area is 184 Å². The molecule has 4 fully saturated rings. The Hall–Kier alpha value is -1.87. The van der Waals surface area contributed by atoms with E-state index >= 15 is 0 Å². The zero-order valence-electron chi connectivity index (χ0n) is 16.1. The molecule has 0 radical (unpaired) electrons. The lowest BCUT2D eigenvalue weighted by molar-refractivity contribution is -0.155. The summed E-state index contributed by atoms with van der Waals surface area (Å²) in [5.41, 5.74) is 7.13. The van der Waals surface area contributed by atoms with E-state index in [-0.39, 0.29) is 36.2 Å². The topological polar surface area (TPSA) is 83.7 Å². The minimum absolute atomic E-state index is 0.00144. The van der Waals surface area contributed by atoms with E-state index in [0.717, 1.165) is 24.8 Å². The van der Waals surface area contributed by atoms with Gasteiger partial charge in [-0.05, 0) is 61.2 Å². The Morgan fingerprint density at radius 2 is 1.63 bits per heavy atom. The average molecular weight is 449 g/mol. The highest BCUT2D eigenvalue weighted by molar-refractivity contribution is 6.30. The summed E-state index contributed by atoms with van der Waals surface area (Å²) < 4.78 is 11.5. The summed E-state index contributed by atoms with van der Waals surface area (Å²) in [4.78, 5) is 12.3. The number of carbonyl (C=O) groups excluding carboxylic acids is 1. The number of hydrogen-bond donors (Lipinski definition) is 4. The molecule has 3 saturated carbocycles. The molecule has 0 aromatic heterocycles. The fraction of sp³-hybridized carbons (Fsp3) is 0.381. The molecule has 1 amide bonds. The number of rotatable bonds is 7. The monoisotopic (exact) mass is 448 g/mol. The molecule has 2 aromatic rings. The third-order valence-corrected chi connectivity index (χ3v) is 6.35. The number of carbonyl (C=O) groups is 1. The van der Waals surface area contributed by atoms with Crippen molar-refractivity contribution in [3.63, 3.8) is 0 Å². The normalized spacial score (nSPS) is 31.5. The quantitative estimate of drug-likeness (QED) is 0.521. The number of benzene rings is 2. The van der Waals surface area contributed by atoms with Crippen LogP contribution in [0.25, 0.3) is 0 Å². The number of nitrogens with one attached hydrogen (secondary N) is 4. The average Bonchev–Trinajstić information content (AvgIpc) is 3.14. The molecule has 2 unspecified atom stereocenters. The first-order valence-electron chi connectivity index (χ1n) is 9.82. The highest BCUT2D eigenvalue weighted by atomic mass is 35.5. The second-order valence-corrected chi connectivity index (χ2v) is 9.14. The zero-order valence-corrected chi connectivity index (χ0v) is 17.6. The van der Waals surface area contributed by atoms with Crippen molar-refractivity contribution in [2.24, 2.45) is 0 Å². The Morgan fingerprint density at radius 1 is 1.00 bits per heavy atom. The van der Waals surface area contributed by atoms with Crippen molar-refractivity contribution in [3.8, 4) is 5.75 Å². The van der Waals surface area contributed by atoms with Crippen LogP contribution in [0.15, 0.2) is 48.5 Å². The first-order chi connectivity index (χ1) is 14.4. The second kappa shape index (κ2) is 7.67. The smallest absolute Gasteiger partial charge is 0.258 e. The molecule has 1 heterocycles. The van der Waals surface area contributed by atoms with Crippen LogP contribution in [0.5, 0.6) is 5.75 Å². The van der Waals surface area contributed by atoms with Crippen molar-refractivity contribution in [3.05, 3.63) is 64.1 Å². The summed E-state index contributed by atoms with van der Waals surface area (Å²) in [5.74, 6) is 0.510. The van der Waals surface area contributed by atoms with Gasteiger partial charge in [0.05, 0.1) is 0 Å². The third kappa shape index (κ3) is 4.01. The van der Waals surface area contributed by atoms with Crippen LogP contribution in [-0.2, 0) is 9.53 Å². The van der Waals surface area contributed by atoms with Gasteiger partial charge in [-0.25, -0.2) is 10.9 Å². The van der Waals surface area contributed by atoms with Crippen LogP contribution in [0.1, 0.15) is 31.1 Å². The molecule has 4 aliphatic rings. The molecule has 1 aliphatic heterocycles. The van der Waals surface area contributed by atoms with Gasteiger partial charge in [-0.3, -0.25) is 10.1 Å². The van der Waals surface area contributed by atoms with Crippen molar-refractivity contribution in [1.29, 1.82) is 0 Å². The molecule has 158 valence electrons. The summed E-state index contributed by atoms with van der Waals surface area (Å²) in [6.07, 6.45) is 2.08. The third-order valence-electron chi connectivity index (χ3n) is 5.85. The Bertz CT molecular complexity index is 918. The SMILES string of the molecule is O=C(COc1ccc(Cl)cc1)NC12CC(NC3NNC(c4ccc(Cl)cc4)O3)(C1)C2. The fourth-order valence-electron chi connectivity index (χ4n) is 4.59.